The Hall–Kier alpha value is -2.33. The molecule has 0 bridgehead atoms. The fourth-order valence-electron chi connectivity index (χ4n) is 3.22. The Balaban J connectivity index is 1.63. The number of nitrogens with zero attached hydrogens (tertiary/aromatic N) is 1. The SMILES string of the molecule is CC1COCC(C)N1c1ccc(NC(=O)Cc2ccccc2)cc1. The Bertz CT molecular complexity index is 660. The van der Waals surface area contributed by atoms with Crippen molar-refractivity contribution in [1.29, 1.82) is 0 Å². The number of carbonyl (C=O) groups is 1. The maximum absolute atomic E-state index is 12.1. The smallest absolute Gasteiger partial charge is 0.228 e. The molecule has 2 aromatic carbocycles. The van der Waals surface area contributed by atoms with Crippen LogP contribution in [0, 0.1) is 0 Å². The molecule has 1 aliphatic rings. The molecule has 0 aromatic heterocycles. The second-order valence-electron chi connectivity index (χ2n) is 6.40. The minimum atomic E-state index is 0.00191. The fraction of sp³-hybridized carbons (Fsp3) is 0.350. The molecular formula is C20H24N2O2. The summed E-state index contributed by atoms with van der Waals surface area (Å²) in [6.45, 7) is 5.84. The molecule has 24 heavy (non-hydrogen) atoms. The first-order valence-electron chi connectivity index (χ1n) is 8.43. The summed E-state index contributed by atoms with van der Waals surface area (Å²) >= 11 is 0. The second kappa shape index (κ2) is 7.49. The lowest BCUT2D eigenvalue weighted by atomic mass is 10.1. The Morgan fingerprint density at radius 3 is 2.29 bits per heavy atom. The molecule has 0 radical (unpaired) electrons. The summed E-state index contributed by atoms with van der Waals surface area (Å²) in [4.78, 5) is 14.5. The van der Waals surface area contributed by atoms with E-state index < -0.39 is 0 Å². The normalized spacial score (nSPS) is 20.7. The maximum atomic E-state index is 12.1. The molecule has 2 aromatic rings. The summed E-state index contributed by atoms with van der Waals surface area (Å²) in [7, 11) is 0. The molecule has 1 amide bonds. The highest BCUT2D eigenvalue weighted by Crippen LogP contribution is 2.25. The van der Waals surface area contributed by atoms with Gasteiger partial charge in [-0.05, 0) is 43.7 Å². The topological polar surface area (TPSA) is 41.6 Å². The van der Waals surface area contributed by atoms with Crippen LogP contribution in [0.1, 0.15) is 19.4 Å². The summed E-state index contributed by atoms with van der Waals surface area (Å²) in [5.41, 5.74) is 3.01. The van der Waals surface area contributed by atoms with E-state index in [-0.39, 0.29) is 5.91 Å². The van der Waals surface area contributed by atoms with E-state index in [1.807, 2.05) is 42.5 Å². The van der Waals surface area contributed by atoms with Crippen LogP contribution < -0.4 is 10.2 Å². The molecule has 2 atom stereocenters. The molecule has 0 spiro atoms. The summed E-state index contributed by atoms with van der Waals surface area (Å²) < 4.78 is 5.58. The number of carbonyl (C=O) groups excluding carboxylic acids is 1. The van der Waals surface area contributed by atoms with Crippen LogP contribution in [0.25, 0.3) is 0 Å². The molecule has 1 aliphatic heterocycles. The lowest BCUT2D eigenvalue weighted by molar-refractivity contribution is -0.115. The van der Waals surface area contributed by atoms with Gasteiger partial charge in [-0.25, -0.2) is 0 Å². The van der Waals surface area contributed by atoms with E-state index in [1.54, 1.807) is 0 Å². The van der Waals surface area contributed by atoms with Gasteiger partial charge >= 0.3 is 0 Å². The summed E-state index contributed by atoms with van der Waals surface area (Å²) in [6.07, 6.45) is 0.389. The highest BCUT2D eigenvalue weighted by molar-refractivity contribution is 5.92. The van der Waals surface area contributed by atoms with Crippen molar-refractivity contribution in [2.75, 3.05) is 23.4 Å². The summed E-state index contributed by atoms with van der Waals surface area (Å²) in [5.74, 6) is 0.00191. The lowest BCUT2D eigenvalue weighted by Gasteiger charge is -2.40. The zero-order chi connectivity index (χ0) is 16.9. The predicted octanol–water partition coefficient (Wildman–Crippen LogP) is 3.48. The van der Waals surface area contributed by atoms with Gasteiger partial charge in [0.1, 0.15) is 0 Å². The first-order valence-corrected chi connectivity index (χ1v) is 8.43. The third kappa shape index (κ3) is 3.95. The number of anilines is 2. The predicted molar refractivity (Wildman–Crippen MR) is 97.4 cm³/mol. The largest absolute Gasteiger partial charge is 0.377 e. The van der Waals surface area contributed by atoms with E-state index in [9.17, 15) is 4.79 Å². The van der Waals surface area contributed by atoms with Crippen molar-refractivity contribution in [3.8, 4) is 0 Å². The minimum Gasteiger partial charge on any atom is -0.377 e. The van der Waals surface area contributed by atoms with Gasteiger partial charge in [-0.3, -0.25) is 4.79 Å². The van der Waals surface area contributed by atoms with E-state index in [4.69, 9.17) is 4.74 Å². The molecule has 2 unspecified atom stereocenters. The number of hydrogen-bond donors (Lipinski definition) is 1. The van der Waals surface area contributed by atoms with E-state index in [0.29, 0.717) is 18.5 Å². The molecule has 4 nitrogen and oxygen atoms in total. The molecule has 0 saturated carbocycles. The van der Waals surface area contributed by atoms with Crippen molar-refractivity contribution in [2.24, 2.45) is 0 Å². The molecule has 1 N–H and O–H groups in total. The summed E-state index contributed by atoms with van der Waals surface area (Å²) in [5, 5.41) is 2.96. The van der Waals surface area contributed by atoms with E-state index in [1.165, 1.54) is 5.69 Å². The molecule has 0 aliphatic carbocycles. The Morgan fingerprint density at radius 2 is 1.67 bits per heavy atom. The van der Waals surface area contributed by atoms with Crippen LogP contribution in [0.4, 0.5) is 11.4 Å². The van der Waals surface area contributed by atoms with Gasteiger partial charge in [0.05, 0.1) is 19.6 Å². The van der Waals surface area contributed by atoms with Crippen molar-refractivity contribution in [2.45, 2.75) is 32.4 Å². The third-order valence-electron chi connectivity index (χ3n) is 4.32. The average Bonchev–Trinajstić information content (AvgIpc) is 2.57. The molecule has 4 heteroatoms. The van der Waals surface area contributed by atoms with Gasteiger partial charge in [0.25, 0.3) is 0 Å². The quantitative estimate of drug-likeness (QED) is 0.936. The fourth-order valence-corrected chi connectivity index (χ4v) is 3.22. The van der Waals surface area contributed by atoms with Crippen LogP contribution in [0.2, 0.25) is 0 Å². The van der Waals surface area contributed by atoms with Crippen molar-refractivity contribution in [1.82, 2.24) is 0 Å². The van der Waals surface area contributed by atoms with E-state index in [0.717, 1.165) is 24.5 Å². The molecular weight excluding hydrogens is 300 g/mol. The molecule has 1 heterocycles. The van der Waals surface area contributed by atoms with Gasteiger partial charge < -0.3 is 15.0 Å². The van der Waals surface area contributed by atoms with Crippen LogP contribution in [0.5, 0.6) is 0 Å². The number of benzene rings is 2. The third-order valence-corrected chi connectivity index (χ3v) is 4.32. The van der Waals surface area contributed by atoms with Crippen LogP contribution in [0.15, 0.2) is 54.6 Å². The monoisotopic (exact) mass is 324 g/mol. The maximum Gasteiger partial charge on any atom is 0.228 e. The molecule has 3 rings (SSSR count). The molecule has 1 saturated heterocycles. The standard InChI is InChI=1S/C20H24N2O2/c1-15-13-24-14-16(2)22(15)19-10-8-18(9-11-19)21-20(23)12-17-6-4-3-5-7-17/h3-11,15-16H,12-14H2,1-2H3,(H,21,23). The Morgan fingerprint density at radius 1 is 1.04 bits per heavy atom. The van der Waals surface area contributed by atoms with E-state index in [2.05, 4.69) is 36.2 Å². The molecule has 1 fully saturated rings. The van der Waals surface area contributed by atoms with Gasteiger partial charge in [0.2, 0.25) is 5.91 Å². The Kier molecular flexibility index (Phi) is 5.16. The average molecular weight is 324 g/mol. The van der Waals surface area contributed by atoms with Crippen molar-refractivity contribution in [3.63, 3.8) is 0 Å². The highest BCUT2D eigenvalue weighted by Gasteiger charge is 2.25. The number of amides is 1. The van der Waals surface area contributed by atoms with Gasteiger partial charge in [-0.1, -0.05) is 30.3 Å². The minimum absolute atomic E-state index is 0.00191. The lowest BCUT2D eigenvalue weighted by Crippen LogP contribution is -2.49. The summed E-state index contributed by atoms with van der Waals surface area (Å²) in [6, 6.07) is 18.5. The number of nitrogens with one attached hydrogen (secondary N) is 1. The molecule has 126 valence electrons. The Labute approximate surface area is 143 Å². The number of morpholine rings is 1. The number of hydrogen-bond acceptors (Lipinski definition) is 3. The van der Waals surface area contributed by atoms with Crippen LogP contribution in [-0.2, 0) is 16.0 Å². The van der Waals surface area contributed by atoms with Crippen molar-refractivity contribution in [3.05, 3.63) is 60.2 Å². The zero-order valence-electron chi connectivity index (χ0n) is 14.2. The van der Waals surface area contributed by atoms with Gasteiger partial charge in [0, 0.05) is 23.5 Å². The first-order chi connectivity index (χ1) is 11.6. The van der Waals surface area contributed by atoms with Gasteiger partial charge in [0.15, 0.2) is 0 Å². The van der Waals surface area contributed by atoms with Gasteiger partial charge in [-0.15, -0.1) is 0 Å². The second-order valence-corrected chi connectivity index (χ2v) is 6.40. The van der Waals surface area contributed by atoms with Crippen LogP contribution in [0.3, 0.4) is 0 Å². The number of rotatable bonds is 4. The van der Waals surface area contributed by atoms with Crippen molar-refractivity contribution >= 4 is 17.3 Å². The van der Waals surface area contributed by atoms with Crippen LogP contribution in [-0.4, -0.2) is 31.2 Å². The van der Waals surface area contributed by atoms with E-state index >= 15 is 0 Å². The van der Waals surface area contributed by atoms with Crippen LogP contribution >= 0.6 is 0 Å². The first kappa shape index (κ1) is 16.5. The van der Waals surface area contributed by atoms with Crippen molar-refractivity contribution < 1.29 is 9.53 Å². The zero-order valence-corrected chi connectivity index (χ0v) is 14.2. The van der Waals surface area contributed by atoms with Gasteiger partial charge in [-0.2, -0.15) is 0 Å². The highest BCUT2D eigenvalue weighted by atomic mass is 16.5. The number of ether oxygens (including phenoxy) is 1.